The molecule has 0 heterocycles. The monoisotopic (exact) mass is 576 g/mol. The van der Waals surface area contributed by atoms with Gasteiger partial charge in [0, 0.05) is 5.69 Å². The molecular weight excluding hydrogens is 536 g/mol. The molecule has 42 heavy (non-hydrogen) atoms. The van der Waals surface area contributed by atoms with Crippen molar-refractivity contribution in [2.24, 2.45) is 10.9 Å². The van der Waals surface area contributed by atoms with E-state index in [9.17, 15) is 19.2 Å². The Hall–Kier alpha value is -4.79. The number of aryl methyl sites for hydroxylation is 2. The molecule has 1 atom stereocenters. The highest BCUT2D eigenvalue weighted by molar-refractivity contribution is 6.07. The van der Waals surface area contributed by atoms with E-state index in [4.69, 9.17) is 16.6 Å². The van der Waals surface area contributed by atoms with E-state index in [1.165, 1.54) is 11.1 Å². The van der Waals surface area contributed by atoms with Gasteiger partial charge in [0.1, 0.15) is 0 Å². The zero-order chi connectivity index (χ0) is 32.6. The average molecular weight is 577 g/mol. The normalized spacial score (nSPS) is 10.1. The number of rotatable bonds is 7. The van der Waals surface area contributed by atoms with Crippen molar-refractivity contribution in [2.45, 2.75) is 69.2 Å². The Morgan fingerprint density at radius 1 is 0.881 bits per heavy atom. The molecule has 2 aromatic rings. The highest BCUT2D eigenvalue weighted by Crippen LogP contribution is 2.27. The summed E-state index contributed by atoms with van der Waals surface area (Å²) in [4.78, 5) is 50.5. The molecule has 0 spiro atoms. The van der Waals surface area contributed by atoms with E-state index in [2.05, 4.69) is 26.8 Å². The molecule has 0 saturated carbocycles. The molecule has 0 fully saturated rings. The topological polar surface area (TPSA) is 139 Å². The summed E-state index contributed by atoms with van der Waals surface area (Å²) in [6.45, 7) is 25.8. The van der Waals surface area contributed by atoms with Gasteiger partial charge in [-0.3, -0.25) is 9.59 Å². The second kappa shape index (κ2) is 18.5. The van der Waals surface area contributed by atoms with Crippen LogP contribution in [0.2, 0.25) is 0 Å². The first-order chi connectivity index (χ1) is 19.7. The number of benzene rings is 2. The third-order valence-electron chi connectivity index (χ3n) is 6.79. The van der Waals surface area contributed by atoms with Gasteiger partial charge in [0.05, 0.1) is 25.0 Å². The summed E-state index contributed by atoms with van der Waals surface area (Å²) >= 11 is 0. The summed E-state index contributed by atoms with van der Waals surface area (Å²) in [5.41, 5.74) is 10.2. The lowest BCUT2D eigenvalue weighted by Gasteiger charge is -2.16. The number of aliphatic imine (C=N–C) groups is 1. The number of hydrogen-bond acceptors (Lipinski definition) is 8. The number of amides is 1. The molecule has 10 heteroatoms. The predicted octanol–water partition coefficient (Wildman–Crippen LogP) is 5.92. The second-order valence-corrected chi connectivity index (χ2v) is 9.33. The largest absolute Gasteiger partial charge is 0.465 e. The molecule has 0 saturated heterocycles. The lowest BCUT2D eigenvalue weighted by molar-refractivity contribution is -0.148. The Bertz CT molecular complexity index is 1430. The van der Waals surface area contributed by atoms with Crippen molar-refractivity contribution in [2.75, 3.05) is 25.1 Å². The minimum absolute atomic E-state index is 0.131. The van der Waals surface area contributed by atoms with Crippen LogP contribution < -0.4 is 5.32 Å². The fourth-order valence-electron chi connectivity index (χ4n) is 3.62. The number of anilines is 1. The van der Waals surface area contributed by atoms with Gasteiger partial charge < -0.3 is 19.6 Å². The van der Waals surface area contributed by atoms with Gasteiger partial charge in [-0.1, -0.05) is 0 Å². The zero-order valence-corrected chi connectivity index (χ0v) is 26.1. The fraction of sp³-hybridized carbons (Fsp3) is 0.438. The molecule has 0 bridgehead atoms. The lowest BCUT2D eigenvalue weighted by atomic mass is 9.97. The number of nitriles is 1. The van der Waals surface area contributed by atoms with E-state index in [1.54, 1.807) is 26.0 Å². The van der Waals surface area contributed by atoms with Crippen LogP contribution in [-0.4, -0.2) is 43.7 Å². The van der Waals surface area contributed by atoms with Gasteiger partial charge in [0.2, 0.25) is 12.0 Å². The number of nitrogens with zero attached hydrogens (tertiary/aromatic N) is 3. The lowest BCUT2D eigenvalue weighted by Crippen LogP contribution is -2.30. The number of carbonyl (C=O) groups excluding carboxylic acids is 4. The maximum atomic E-state index is 12.1. The number of isocyanates is 1. The van der Waals surface area contributed by atoms with Crippen LogP contribution in [-0.2, 0) is 28.7 Å². The minimum atomic E-state index is -1.45. The first-order valence-electron chi connectivity index (χ1n) is 13.3. The van der Waals surface area contributed by atoms with Gasteiger partial charge >= 0.3 is 18.5 Å². The molecule has 10 nitrogen and oxygen atoms in total. The number of esters is 2. The summed E-state index contributed by atoms with van der Waals surface area (Å²) < 4.78 is 9.16. The number of hydrogen-bond donors (Lipinski definition) is 1. The predicted molar refractivity (Wildman–Crippen MR) is 161 cm³/mol. The SMILES string of the molecule is CCOC(=O)C(C#N)C(=O)Nc1cc(C)c(C)c(C)c1C.Cc1cc(N=C=O)c(C)c(C)c1C.[C-]#[N+]CC(=O)OCC. The third kappa shape index (κ3) is 11.0. The van der Waals surface area contributed by atoms with Gasteiger partial charge in [-0.05, 0) is 126 Å². The summed E-state index contributed by atoms with van der Waals surface area (Å²) in [5.74, 6) is -3.38. The summed E-state index contributed by atoms with van der Waals surface area (Å²) in [5, 5.41) is 11.6. The number of ether oxygens (including phenoxy) is 2. The Morgan fingerprint density at radius 3 is 1.88 bits per heavy atom. The van der Waals surface area contributed by atoms with Crippen molar-refractivity contribution in [1.82, 2.24) is 0 Å². The van der Waals surface area contributed by atoms with E-state index in [-0.39, 0.29) is 13.2 Å². The van der Waals surface area contributed by atoms with Crippen LogP contribution in [0.25, 0.3) is 4.85 Å². The molecule has 1 N–H and O–H groups in total. The van der Waals surface area contributed by atoms with Crippen LogP contribution in [0, 0.1) is 79.2 Å². The molecule has 1 unspecified atom stereocenters. The first-order valence-corrected chi connectivity index (χ1v) is 13.3. The van der Waals surface area contributed by atoms with Gasteiger partial charge in [-0.25, -0.2) is 16.2 Å². The second-order valence-electron chi connectivity index (χ2n) is 9.33. The maximum Gasteiger partial charge on any atom is 0.387 e. The zero-order valence-electron chi connectivity index (χ0n) is 26.1. The maximum absolute atomic E-state index is 12.1. The van der Waals surface area contributed by atoms with E-state index >= 15 is 0 Å². The molecule has 2 rings (SSSR count). The molecule has 0 aromatic heterocycles. The van der Waals surface area contributed by atoms with Crippen molar-refractivity contribution in [3.05, 3.63) is 68.1 Å². The van der Waals surface area contributed by atoms with E-state index in [0.29, 0.717) is 12.3 Å². The quantitative estimate of drug-likeness (QED) is 0.142. The fourth-order valence-corrected chi connectivity index (χ4v) is 3.62. The highest BCUT2D eigenvalue weighted by atomic mass is 16.5. The van der Waals surface area contributed by atoms with Gasteiger partial charge in [-0.2, -0.15) is 10.3 Å². The molecule has 0 aliphatic carbocycles. The van der Waals surface area contributed by atoms with Crippen LogP contribution in [0.15, 0.2) is 17.1 Å². The Kier molecular flexibility index (Phi) is 16.4. The standard InChI is InChI=1S/C16H20N2O3.C11H13NO.C5H7NO2/c1-6-21-16(20)13(8-17)15(19)18-14-7-9(2)10(3)11(4)12(14)5;1-7-5-11(12-6-13)10(4)9(3)8(7)2;1-3-8-5(7)4-6-2/h7,13H,6H2,1-5H3,(H,18,19);5H,1-4H3;3-4H2,1H3. The number of nitrogens with one attached hydrogen (secondary N) is 1. The van der Waals surface area contributed by atoms with Crippen LogP contribution >= 0.6 is 0 Å². The van der Waals surface area contributed by atoms with Crippen molar-refractivity contribution < 1.29 is 28.7 Å². The molecule has 0 aliphatic rings. The van der Waals surface area contributed by atoms with E-state index < -0.39 is 23.8 Å². The van der Waals surface area contributed by atoms with Gasteiger partial charge in [0.25, 0.3) is 5.91 Å². The average Bonchev–Trinajstić information content (AvgIpc) is 2.94. The Labute approximate surface area is 248 Å². The van der Waals surface area contributed by atoms with Crippen molar-refractivity contribution >= 4 is 35.3 Å². The summed E-state index contributed by atoms with van der Waals surface area (Å²) in [6, 6.07) is 5.44. The molecule has 2 aromatic carbocycles. The molecule has 0 radical (unpaired) electrons. The van der Waals surface area contributed by atoms with Crippen LogP contribution in [0.4, 0.5) is 11.4 Å². The van der Waals surface area contributed by atoms with Crippen molar-refractivity contribution in [3.63, 3.8) is 0 Å². The van der Waals surface area contributed by atoms with E-state index in [0.717, 1.165) is 39.1 Å². The number of carbonyl (C=O) groups is 3. The van der Waals surface area contributed by atoms with Gasteiger partial charge in [-0.15, -0.1) is 0 Å². The summed E-state index contributed by atoms with van der Waals surface area (Å²) in [7, 11) is 0. The molecule has 1 amide bonds. The Balaban J connectivity index is 0.000000678. The first kappa shape index (κ1) is 37.2. The van der Waals surface area contributed by atoms with Crippen LogP contribution in [0.1, 0.15) is 58.4 Å². The van der Waals surface area contributed by atoms with Crippen LogP contribution in [0.5, 0.6) is 0 Å². The summed E-state index contributed by atoms with van der Waals surface area (Å²) in [6.07, 6.45) is 1.57. The molecular formula is C32H40N4O6. The smallest absolute Gasteiger partial charge is 0.387 e. The Morgan fingerprint density at radius 2 is 1.40 bits per heavy atom. The molecule has 0 aliphatic heterocycles. The molecule has 224 valence electrons. The van der Waals surface area contributed by atoms with Gasteiger partial charge in [0.15, 0.2) is 0 Å². The van der Waals surface area contributed by atoms with Crippen LogP contribution in [0.3, 0.4) is 0 Å². The highest BCUT2D eigenvalue weighted by Gasteiger charge is 2.28. The van der Waals surface area contributed by atoms with Crippen molar-refractivity contribution in [3.8, 4) is 6.07 Å². The minimum Gasteiger partial charge on any atom is -0.465 e. The van der Waals surface area contributed by atoms with E-state index in [1.807, 2.05) is 60.6 Å². The van der Waals surface area contributed by atoms with Crippen molar-refractivity contribution in [1.29, 1.82) is 5.26 Å². The third-order valence-corrected chi connectivity index (χ3v) is 6.79.